The van der Waals surface area contributed by atoms with Crippen LogP contribution < -0.4 is 42.5 Å². The number of aliphatic hydroxyl groups excluding tert-OH is 1. The van der Waals surface area contributed by atoms with Gasteiger partial charge in [0.05, 0.1) is 12.1 Å². The summed E-state index contributed by atoms with van der Waals surface area (Å²) in [6.07, 6.45) is 0.196. The molecule has 9 amide bonds. The molecule has 0 aliphatic carbocycles. The van der Waals surface area contributed by atoms with Gasteiger partial charge in [-0.25, -0.2) is 0 Å². The molecule has 3 saturated heterocycles. The summed E-state index contributed by atoms with van der Waals surface area (Å²) in [7, 11) is 0. The molecule has 3 fully saturated rings. The first-order valence-electron chi connectivity index (χ1n) is 25.5. The van der Waals surface area contributed by atoms with Crippen molar-refractivity contribution in [3.05, 3.63) is 29.8 Å². The number of rotatable bonds is 29. The number of carbonyl (C=O) groups excluding carboxylic acids is 9. The lowest BCUT2D eigenvalue weighted by molar-refractivity contribution is -0.148. The number of thioether (sulfide) groups is 1. The Morgan fingerprint density at radius 1 is 0.610 bits per heavy atom. The lowest BCUT2D eigenvalue weighted by Gasteiger charge is -2.33. The van der Waals surface area contributed by atoms with Crippen molar-refractivity contribution in [3.63, 3.8) is 0 Å². The number of aromatic hydroxyl groups is 1. The van der Waals surface area contributed by atoms with Crippen molar-refractivity contribution in [1.82, 2.24) is 52.3 Å². The van der Waals surface area contributed by atoms with Crippen LogP contribution in [0.3, 0.4) is 0 Å². The zero-order valence-corrected chi connectivity index (χ0v) is 44.2. The van der Waals surface area contributed by atoms with Gasteiger partial charge in [0.15, 0.2) is 0 Å². The van der Waals surface area contributed by atoms with Gasteiger partial charge in [-0.05, 0) is 115 Å². The number of nitrogens with one attached hydrogen (secondary N) is 8. The fourth-order valence-electron chi connectivity index (χ4n) is 9.08. The second-order valence-corrected chi connectivity index (χ2v) is 20.3. The zero-order valence-electron chi connectivity index (χ0n) is 43.4. The lowest BCUT2D eigenvalue weighted by atomic mass is 10.0. The quantitative estimate of drug-likeness (QED) is 0.0381. The van der Waals surface area contributed by atoms with E-state index in [1.54, 1.807) is 6.26 Å². The number of likely N-dealkylation sites (tertiary alicyclic amines) is 2. The molecule has 1 aromatic rings. The van der Waals surface area contributed by atoms with E-state index < -0.39 is 163 Å². The Bertz CT molecular complexity index is 2320. The van der Waals surface area contributed by atoms with Gasteiger partial charge >= 0.3 is 17.9 Å². The van der Waals surface area contributed by atoms with Crippen molar-refractivity contribution in [2.45, 2.75) is 164 Å². The van der Waals surface area contributed by atoms with Gasteiger partial charge in [-0.1, -0.05) is 12.1 Å². The third-order valence-electron chi connectivity index (χ3n) is 13.4. The number of carboxylic acid groups (broad SMARTS) is 3. The van der Waals surface area contributed by atoms with E-state index in [9.17, 15) is 83.1 Å². The third-order valence-corrected chi connectivity index (χ3v) is 14.0. The first-order valence-corrected chi connectivity index (χ1v) is 26.9. The topological polar surface area (TPSA) is 409 Å². The number of phenols is 1. The molecule has 3 aliphatic rings. The SMILES string of the molecule is CSCC[C@H](NC(=O)[C@H](Cc1ccc(O)cc1)NC(=O)[C@H](CCC(=O)O)NC(=O)[C@@H]1CCCN1C(=O)[C@@H]1CCCN1C(=O)[C@H](C)NC(=O)[C@@H](NC(=O)[C@@H]1CCCN1)[C@@H](C)O)C(=O)N[C@@H](CCC(=O)O)C(=O)N[C@@H](C)C(=O)O. The normalized spacial score (nSPS) is 20.1. The Hall–Kier alpha value is -7.07. The fraction of sp³-hybridized carbons (Fsp3) is 0.633. The maximum atomic E-state index is 14.3. The van der Waals surface area contributed by atoms with Gasteiger partial charge in [0.25, 0.3) is 0 Å². The molecule has 13 N–H and O–H groups in total. The first-order chi connectivity index (χ1) is 36.4. The number of carboxylic acids is 3. The van der Waals surface area contributed by atoms with Crippen LogP contribution in [0.5, 0.6) is 5.75 Å². The second kappa shape index (κ2) is 30.0. The van der Waals surface area contributed by atoms with E-state index in [4.69, 9.17) is 0 Å². The highest BCUT2D eigenvalue weighted by atomic mass is 32.2. The number of phenolic OH excluding ortho intramolecular Hbond substituents is 1. The molecule has 27 nitrogen and oxygen atoms in total. The standard InChI is InChI=1S/C49H72N10O17S/c1-25(51-46(72)39(27(3)60)57-40(66)30-8-5-20-50-30)47(73)59-22-7-10-36(59)48(74)58-21-6-9-35(58)45(71)55-32(16-18-38(64)65)42(68)56-34(24-28-11-13-29(61)14-12-28)44(70)54-33(19-23-77-4)43(69)53-31(15-17-37(62)63)41(67)52-26(2)49(75)76/h11-14,25-27,30-36,39,50,60-61H,5-10,15-24H2,1-4H3,(H,51,72)(H,52,67)(H,53,69)(H,54,70)(H,55,71)(H,56,68)(H,57,66)(H,62,63)(H,64,65)(H,75,76)/t25-,26-,27+,30-,31-,32-,33-,34-,35-,36-,39-/m0/s1. The van der Waals surface area contributed by atoms with Crippen LogP contribution in [0.4, 0.5) is 0 Å². The van der Waals surface area contributed by atoms with Crippen molar-refractivity contribution in [2.75, 3.05) is 31.6 Å². The molecule has 4 rings (SSSR count). The first kappa shape index (κ1) is 62.5. The maximum Gasteiger partial charge on any atom is 0.325 e. The van der Waals surface area contributed by atoms with Gasteiger partial charge in [-0.15, -0.1) is 0 Å². The van der Waals surface area contributed by atoms with Gasteiger partial charge in [0.2, 0.25) is 53.2 Å². The van der Waals surface area contributed by atoms with E-state index in [2.05, 4.69) is 42.5 Å². The highest BCUT2D eigenvalue weighted by molar-refractivity contribution is 7.98. The minimum absolute atomic E-state index is 0.0580. The Labute approximate surface area is 448 Å². The molecule has 28 heteroatoms. The average molecular weight is 1110 g/mol. The summed E-state index contributed by atoms with van der Waals surface area (Å²) in [4.78, 5) is 161. The Morgan fingerprint density at radius 3 is 1.68 bits per heavy atom. The molecule has 426 valence electrons. The van der Waals surface area contributed by atoms with Crippen LogP contribution in [-0.2, 0) is 64.0 Å². The molecule has 0 spiro atoms. The number of aliphatic hydroxyl groups is 1. The maximum absolute atomic E-state index is 14.3. The van der Waals surface area contributed by atoms with Crippen molar-refractivity contribution >= 4 is 82.8 Å². The van der Waals surface area contributed by atoms with E-state index in [1.807, 2.05) is 0 Å². The molecular formula is C49H72N10O17S. The summed E-state index contributed by atoms with van der Waals surface area (Å²) in [5.41, 5.74) is 0.388. The van der Waals surface area contributed by atoms with Crippen molar-refractivity contribution in [2.24, 2.45) is 0 Å². The lowest BCUT2D eigenvalue weighted by Crippen LogP contribution is -2.60. The molecule has 0 radical (unpaired) electrons. The van der Waals surface area contributed by atoms with Gasteiger partial charge < -0.3 is 77.9 Å². The van der Waals surface area contributed by atoms with Crippen molar-refractivity contribution in [1.29, 1.82) is 0 Å². The Morgan fingerprint density at radius 2 is 1.13 bits per heavy atom. The van der Waals surface area contributed by atoms with Gasteiger partial charge in [0.1, 0.15) is 60.1 Å². The van der Waals surface area contributed by atoms with E-state index in [1.165, 1.54) is 59.7 Å². The summed E-state index contributed by atoms with van der Waals surface area (Å²) in [5, 5.41) is 68.9. The largest absolute Gasteiger partial charge is 0.508 e. The molecular weight excluding hydrogens is 1030 g/mol. The van der Waals surface area contributed by atoms with Crippen LogP contribution in [0.25, 0.3) is 0 Å². The fourth-order valence-corrected chi connectivity index (χ4v) is 9.55. The van der Waals surface area contributed by atoms with Crippen LogP contribution in [0, 0.1) is 0 Å². The van der Waals surface area contributed by atoms with Crippen molar-refractivity contribution in [3.8, 4) is 5.75 Å². The summed E-state index contributed by atoms with van der Waals surface area (Å²) >= 11 is 1.29. The molecule has 0 saturated carbocycles. The number of amides is 9. The number of benzene rings is 1. The third kappa shape index (κ3) is 18.9. The van der Waals surface area contributed by atoms with Gasteiger partial charge in [0, 0.05) is 32.4 Å². The highest BCUT2D eigenvalue weighted by Crippen LogP contribution is 2.26. The van der Waals surface area contributed by atoms with E-state index in [0.29, 0.717) is 31.4 Å². The van der Waals surface area contributed by atoms with Crippen LogP contribution in [0.15, 0.2) is 24.3 Å². The molecule has 1 aromatic carbocycles. The predicted molar refractivity (Wildman–Crippen MR) is 273 cm³/mol. The number of hydrogen-bond donors (Lipinski definition) is 13. The predicted octanol–water partition coefficient (Wildman–Crippen LogP) is -2.95. The van der Waals surface area contributed by atoms with Crippen LogP contribution >= 0.6 is 11.8 Å². The molecule has 77 heavy (non-hydrogen) atoms. The molecule has 11 atom stereocenters. The number of carbonyl (C=O) groups is 12. The minimum Gasteiger partial charge on any atom is -0.508 e. The number of aliphatic carboxylic acids is 3. The minimum atomic E-state index is -1.62. The highest BCUT2D eigenvalue weighted by Gasteiger charge is 2.44. The van der Waals surface area contributed by atoms with E-state index in [-0.39, 0.29) is 50.3 Å². The van der Waals surface area contributed by atoms with E-state index >= 15 is 0 Å². The summed E-state index contributed by atoms with van der Waals surface area (Å²) in [6, 6.07) is -7.45. The smallest absolute Gasteiger partial charge is 0.325 e. The van der Waals surface area contributed by atoms with Crippen LogP contribution in [0.2, 0.25) is 0 Å². The van der Waals surface area contributed by atoms with Crippen LogP contribution in [-0.4, -0.2) is 205 Å². The number of nitrogens with zero attached hydrogens (tertiary/aromatic N) is 2. The monoisotopic (exact) mass is 1100 g/mol. The Balaban J connectivity index is 1.52. The molecule has 3 heterocycles. The molecule has 0 unspecified atom stereocenters. The summed E-state index contributed by atoms with van der Waals surface area (Å²) in [5.74, 6) is -11.3. The molecule has 3 aliphatic heterocycles. The van der Waals surface area contributed by atoms with Gasteiger partial charge in [-0.2, -0.15) is 11.8 Å². The van der Waals surface area contributed by atoms with Crippen molar-refractivity contribution < 1.29 is 83.1 Å². The summed E-state index contributed by atoms with van der Waals surface area (Å²) in [6.45, 7) is 4.69. The van der Waals surface area contributed by atoms with Crippen LogP contribution in [0.1, 0.15) is 97.0 Å². The Kier molecular flexibility index (Phi) is 24.4. The zero-order chi connectivity index (χ0) is 57.1. The second-order valence-electron chi connectivity index (χ2n) is 19.3. The molecule has 0 bridgehead atoms. The molecule has 0 aromatic heterocycles. The number of hydrogen-bond acceptors (Lipinski definition) is 16. The summed E-state index contributed by atoms with van der Waals surface area (Å²) < 4.78 is 0. The van der Waals surface area contributed by atoms with E-state index in [0.717, 1.165) is 13.3 Å². The van der Waals surface area contributed by atoms with Gasteiger partial charge in [-0.3, -0.25) is 57.5 Å². The average Bonchev–Trinajstić information content (AvgIpc) is 4.20.